The van der Waals surface area contributed by atoms with Gasteiger partial charge in [-0.05, 0) is 12.6 Å². The van der Waals surface area contributed by atoms with Gasteiger partial charge in [-0.3, -0.25) is 4.99 Å². The van der Waals surface area contributed by atoms with Crippen LogP contribution >= 0.6 is 0 Å². The lowest BCUT2D eigenvalue weighted by Crippen LogP contribution is -2.09. The first kappa shape index (κ1) is 12.7. The molecular formula is C12H17N5. The smallest absolute Gasteiger partial charge is 0.112 e. The third-order valence-electron chi connectivity index (χ3n) is 2.56. The number of benzene rings is 1. The highest BCUT2D eigenvalue weighted by atomic mass is 14.9. The number of nitrogens with zero attached hydrogens (tertiary/aromatic N) is 1. The Morgan fingerprint density at radius 2 is 1.82 bits per heavy atom. The van der Waals surface area contributed by atoms with E-state index < -0.39 is 0 Å². The minimum absolute atomic E-state index is 0.137. The number of hydrogen-bond donors (Lipinski definition) is 4. The first-order chi connectivity index (χ1) is 7.95. The molecule has 1 aromatic rings. The van der Waals surface area contributed by atoms with E-state index in [2.05, 4.69) is 23.1 Å². The highest BCUT2D eigenvalue weighted by Gasteiger charge is 2.20. The van der Waals surface area contributed by atoms with Crippen LogP contribution in [-0.2, 0) is 0 Å². The number of nitrogens with one attached hydrogen (secondary N) is 1. The first-order valence-corrected chi connectivity index (χ1v) is 5.14. The van der Waals surface area contributed by atoms with Gasteiger partial charge in [0.05, 0.1) is 22.7 Å². The molecule has 0 bridgehead atoms. The largest absolute Gasteiger partial charge is 0.397 e. The molecule has 0 aliphatic rings. The monoisotopic (exact) mass is 231 g/mol. The van der Waals surface area contributed by atoms with Gasteiger partial charge in [0.15, 0.2) is 0 Å². The second-order valence-electron chi connectivity index (χ2n) is 3.96. The number of hydrogen-bond acceptors (Lipinski definition) is 5. The van der Waals surface area contributed by atoms with E-state index in [4.69, 9.17) is 23.6 Å². The summed E-state index contributed by atoms with van der Waals surface area (Å²) in [6.07, 6.45) is 5.19. The number of rotatable bonds is 3. The van der Waals surface area contributed by atoms with E-state index in [9.17, 15) is 0 Å². The second-order valence-corrected chi connectivity index (χ2v) is 3.96. The molecule has 0 heterocycles. The summed E-state index contributed by atoms with van der Waals surface area (Å²) in [5, 5.41) is 2.65. The molecule has 0 radical (unpaired) electrons. The van der Waals surface area contributed by atoms with Crippen LogP contribution in [0.5, 0.6) is 0 Å². The number of nitrogen functional groups attached to an aromatic ring is 3. The number of aliphatic imine (C=N–C) groups is 1. The summed E-state index contributed by atoms with van der Waals surface area (Å²) in [5.74, 6) is 0.137. The Labute approximate surface area is 101 Å². The van der Waals surface area contributed by atoms with Crippen LogP contribution in [0.1, 0.15) is 25.3 Å². The summed E-state index contributed by atoms with van der Waals surface area (Å²) in [6, 6.07) is 2.27. The van der Waals surface area contributed by atoms with Crippen molar-refractivity contribution >= 4 is 35.2 Å². The molecule has 90 valence electrons. The molecule has 0 aromatic heterocycles. The Hall–Kier alpha value is -2.35. The van der Waals surface area contributed by atoms with Gasteiger partial charge in [-0.25, -0.2) is 0 Å². The van der Waals surface area contributed by atoms with Crippen LogP contribution in [0.4, 0.5) is 28.4 Å². The van der Waals surface area contributed by atoms with Gasteiger partial charge in [0.1, 0.15) is 5.69 Å². The van der Waals surface area contributed by atoms with Crippen LogP contribution in [0.3, 0.4) is 0 Å². The van der Waals surface area contributed by atoms with Gasteiger partial charge in [0.2, 0.25) is 0 Å². The fourth-order valence-corrected chi connectivity index (χ4v) is 1.80. The van der Waals surface area contributed by atoms with Crippen LogP contribution in [0.2, 0.25) is 0 Å². The second kappa shape index (κ2) is 4.66. The van der Waals surface area contributed by atoms with Gasteiger partial charge < -0.3 is 22.5 Å². The predicted molar refractivity (Wildman–Crippen MR) is 75.4 cm³/mol. The summed E-state index contributed by atoms with van der Waals surface area (Å²) >= 11 is 0. The van der Waals surface area contributed by atoms with E-state index in [-0.39, 0.29) is 5.92 Å². The van der Waals surface area contributed by atoms with Gasteiger partial charge in [0.25, 0.3) is 0 Å². The van der Waals surface area contributed by atoms with Gasteiger partial charge >= 0.3 is 0 Å². The minimum Gasteiger partial charge on any atom is -0.397 e. The average Bonchev–Trinajstić information content (AvgIpc) is 2.26. The Morgan fingerprint density at radius 3 is 2.24 bits per heavy atom. The van der Waals surface area contributed by atoms with Gasteiger partial charge in [-0.1, -0.05) is 20.3 Å². The van der Waals surface area contributed by atoms with E-state index in [1.54, 1.807) is 0 Å². The summed E-state index contributed by atoms with van der Waals surface area (Å²) in [7, 11) is 0. The molecule has 0 saturated carbocycles. The van der Waals surface area contributed by atoms with Crippen molar-refractivity contribution in [2.45, 2.75) is 19.8 Å². The summed E-state index contributed by atoms with van der Waals surface area (Å²) in [4.78, 5) is 3.87. The van der Waals surface area contributed by atoms with Crippen LogP contribution in [0.15, 0.2) is 4.99 Å². The van der Waals surface area contributed by atoms with Gasteiger partial charge in [-0.15, -0.1) is 0 Å². The average molecular weight is 231 g/mol. The molecule has 1 aromatic carbocycles. The van der Waals surface area contributed by atoms with E-state index >= 15 is 0 Å². The van der Waals surface area contributed by atoms with Crippen molar-refractivity contribution in [3.8, 4) is 12.5 Å². The molecule has 5 heteroatoms. The first-order valence-electron chi connectivity index (χ1n) is 5.14. The van der Waals surface area contributed by atoms with E-state index in [1.807, 2.05) is 13.8 Å². The van der Waals surface area contributed by atoms with Crippen LogP contribution in [0, 0.1) is 12.5 Å². The quantitative estimate of drug-likeness (QED) is 0.276. The molecule has 0 spiro atoms. The SMILES string of the molecule is C#CNc1c(N)c(N)c(C(C)C)c(N)c1N=C. The fraction of sp³-hybridized carbons (Fsp3) is 0.250. The lowest BCUT2D eigenvalue weighted by molar-refractivity contribution is 0.874. The maximum absolute atomic E-state index is 6.02. The third kappa shape index (κ3) is 1.97. The zero-order valence-corrected chi connectivity index (χ0v) is 10.0. The van der Waals surface area contributed by atoms with Crippen LogP contribution in [-0.4, -0.2) is 6.72 Å². The molecule has 1 rings (SSSR count). The lowest BCUT2D eigenvalue weighted by atomic mass is 9.96. The highest BCUT2D eigenvalue weighted by Crippen LogP contribution is 2.46. The highest BCUT2D eigenvalue weighted by molar-refractivity contribution is 5.98. The molecular weight excluding hydrogens is 214 g/mol. The maximum atomic E-state index is 6.02. The summed E-state index contributed by atoms with van der Waals surface area (Å²) in [5.41, 5.74) is 20.8. The van der Waals surface area contributed by atoms with Crippen molar-refractivity contribution in [3.05, 3.63) is 5.56 Å². The summed E-state index contributed by atoms with van der Waals surface area (Å²) < 4.78 is 0. The molecule has 0 aliphatic carbocycles. The van der Waals surface area contributed by atoms with Crippen molar-refractivity contribution in [1.82, 2.24) is 0 Å². The number of terminal acetylenes is 1. The maximum Gasteiger partial charge on any atom is 0.112 e. The molecule has 0 saturated heterocycles. The molecule has 0 amide bonds. The molecule has 0 fully saturated rings. The zero-order valence-electron chi connectivity index (χ0n) is 10.0. The van der Waals surface area contributed by atoms with Crippen LogP contribution in [0.25, 0.3) is 0 Å². The molecule has 7 N–H and O–H groups in total. The van der Waals surface area contributed by atoms with E-state index in [1.165, 1.54) is 0 Å². The van der Waals surface area contributed by atoms with Crippen LogP contribution < -0.4 is 22.5 Å². The van der Waals surface area contributed by atoms with E-state index in [0.717, 1.165) is 5.56 Å². The molecule has 0 atom stereocenters. The Balaban J connectivity index is 3.69. The predicted octanol–water partition coefficient (Wildman–Crippen LogP) is 1.89. The lowest BCUT2D eigenvalue weighted by Gasteiger charge is -2.20. The number of anilines is 4. The molecule has 17 heavy (non-hydrogen) atoms. The normalized spacial score (nSPS) is 10.0. The third-order valence-corrected chi connectivity index (χ3v) is 2.56. The van der Waals surface area contributed by atoms with Crippen molar-refractivity contribution in [2.75, 3.05) is 22.5 Å². The Morgan fingerprint density at radius 1 is 1.24 bits per heavy atom. The van der Waals surface area contributed by atoms with E-state index in [0.29, 0.717) is 28.4 Å². The molecule has 0 unspecified atom stereocenters. The van der Waals surface area contributed by atoms with Gasteiger partial charge in [0, 0.05) is 11.6 Å². The standard InChI is InChI=1S/C12H17N5/c1-5-17-12-10(15)8(13)7(6(2)3)9(14)11(12)16-4/h1,6,17H,4,13-15H2,2-3H3. The minimum atomic E-state index is 0.137. The van der Waals surface area contributed by atoms with Crippen molar-refractivity contribution in [2.24, 2.45) is 4.99 Å². The fourth-order valence-electron chi connectivity index (χ4n) is 1.80. The topological polar surface area (TPSA) is 102 Å². The Kier molecular flexibility index (Phi) is 3.49. The Bertz CT molecular complexity index is 497. The van der Waals surface area contributed by atoms with Crippen molar-refractivity contribution in [3.63, 3.8) is 0 Å². The van der Waals surface area contributed by atoms with Crippen molar-refractivity contribution < 1.29 is 0 Å². The summed E-state index contributed by atoms with van der Waals surface area (Å²) in [6.45, 7) is 7.42. The number of nitrogens with two attached hydrogens (primary N) is 3. The van der Waals surface area contributed by atoms with Gasteiger partial charge in [-0.2, -0.15) is 0 Å². The molecule has 5 nitrogen and oxygen atoms in total. The zero-order chi connectivity index (χ0) is 13.2. The molecule has 0 aliphatic heterocycles. The van der Waals surface area contributed by atoms with Crippen molar-refractivity contribution in [1.29, 1.82) is 0 Å².